The number of nitrogens with zero attached hydrogens (tertiary/aromatic N) is 1. The molecular weight excluding hydrogens is 403 g/mol. The van der Waals surface area contributed by atoms with Crippen LogP contribution in [0.1, 0.15) is 5.56 Å². The number of para-hydroxylation sites is 1. The average molecular weight is 415 g/mol. The first-order valence-electron chi connectivity index (χ1n) is 7.94. The number of terminal acetylenes is 1. The van der Waals surface area contributed by atoms with Crippen LogP contribution in [0.5, 0.6) is 5.75 Å². The second kappa shape index (κ2) is 8.17. The Labute approximate surface area is 170 Å². The fourth-order valence-electron chi connectivity index (χ4n) is 2.55. The predicted octanol–water partition coefficient (Wildman–Crippen LogP) is 3.67. The molecule has 0 spiro atoms. The summed E-state index contributed by atoms with van der Waals surface area (Å²) in [5.41, 5.74) is 0.467. The van der Waals surface area contributed by atoms with Crippen LogP contribution >= 0.6 is 23.2 Å². The number of hydrogen-bond donors (Lipinski definition) is 1. The zero-order chi connectivity index (χ0) is 20.3. The summed E-state index contributed by atoms with van der Waals surface area (Å²) in [5, 5.41) is 2.47. The molecule has 1 aliphatic rings. The molecule has 140 valence electrons. The Morgan fingerprint density at radius 3 is 2.36 bits per heavy atom. The van der Waals surface area contributed by atoms with E-state index < -0.39 is 17.8 Å². The molecule has 1 aliphatic heterocycles. The Kier molecular flexibility index (Phi) is 5.69. The van der Waals surface area contributed by atoms with Crippen LogP contribution in [0.2, 0.25) is 10.0 Å². The molecule has 3 rings (SSSR count). The standard InChI is InChI=1S/C20H12Cl2N2O4/c1-2-8-28-17-15(21)10-12(11-16(17)22)9-14-18(25)23-20(27)24(19(14)26)13-6-4-3-5-7-13/h1,3-7,9-11H,8H2,(H,23,25,27)/b14-9+. The van der Waals surface area contributed by atoms with Gasteiger partial charge in [-0.15, -0.1) is 6.42 Å². The van der Waals surface area contributed by atoms with Gasteiger partial charge in [0, 0.05) is 0 Å². The zero-order valence-electron chi connectivity index (χ0n) is 14.2. The topological polar surface area (TPSA) is 75.7 Å². The molecule has 4 amide bonds. The number of rotatable bonds is 4. The molecule has 0 aromatic heterocycles. The average Bonchev–Trinajstić information content (AvgIpc) is 2.65. The van der Waals surface area contributed by atoms with Crippen molar-refractivity contribution in [1.82, 2.24) is 5.32 Å². The lowest BCUT2D eigenvalue weighted by molar-refractivity contribution is -0.122. The Morgan fingerprint density at radius 2 is 1.75 bits per heavy atom. The number of amides is 4. The van der Waals surface area contributed by atoms with Gasteiger partial charge in [0.1, 0.15) is 12.2 Å². The third kappa shape index (κ3) is 3.86. The van der Waals surface area contributed by atoms with Crippen LogP contribution in [0.25, 0.3) is 6.08 Å². The first kappa shape index (κ1) is 19.5. The van der Waals surface area contributed by atoms with Crippen LogP contribution in [0.4, 0.5) is 10.5 Å². The molecule has 28 heavy (non-hydrogen) atoms. The fourth-order valence-corrected chi connectivity index (χ4v) is 3.16. The number of hydrogen-bond acceptors (Lipinski definition) is 4. The lowest BCUT2D eigenvalue weighted by atomic mass is 10.1. The minimum atomic E-state index is -0.826. The second-order valence-electron chi connectivity index (χ2n) is 5.60. The van der Waals surface area contributed by atoms with E-state index in [1.54, 1.807) is 30.3 Å². The molecule has 2 aromatic rings. The van der Waals surface area contributed by atoms with Gasteiger partial charge in [-0.1, -0.05) is 47.3 Å². The van der Waals surface area contributed by atoms with E-state index >= 15 is 0 Å². The number of carbonyl (C=O) groups is 3. The molecule has 1 saturated heterocycles. The van der Waals surface area contributed by atoms with Crippen LogP contribution < -0.4 is 15.0 Å². The molecule has 0 atom stereocenters. The largest absolute Gasteiger partial charge is 0.478 e. The summed E-state index contributed by atoms with van der Waals surface area (Å²) in [5.74, 6) is 0.917. The van der Waals surface area contributed by atoms with Gasteiger partial charge in [-0.3, -0.25) is 14.9 Å². The molecule has 8 heteroatoms. The van der Waals surface area contributed by atoms with Crippen molar-refractivity contribution in [2.75, 3.05) is 11.5 Å². The molecule has 0 aliphatic carbocycles. The number of halogens is 2. The Balaban J connectivity index is 1.99. The first-order valence-corrected chi connectivity index (χ1v) is 8.69. The van der Waals surface area contributed by atoms with E-state index in [1.807, 2.05) is 0 Å². The quantitative estimate of drug-likeness (QED) is 0.470. The number of barbiturate groups is 1. The van der Waals surface area contributed by atoms with Crippen molar-refractivity contribution in [2.45, 2.75) is 0 Å². The van der Waals surface area contributed by atoms with Crippen molar-refractivity contribution < 1.29 is 19.1 Å². The van der Waals surface area contributed by atoms with Gasteiger partial charge in [0.05, 0.1) is 15.7 Å². The van der Waals surface area contributed by atoms with Crippen molar-refractivity contribution in [3.05, 3.63) is 63.6 Å². The van der Waals surface area contributed by atoms with Gasteiger partial charge >= 0.3 is 6.03 Å². The van der Waals surface area contributed by atoms with Gasteiger partial charge in [0.25, 0.3) is 11.8 Å². The molecule has 1 fully saturated rings. The third-order valence-corrected chi connectivity index (χ3v) is 4.31. The van der Waals surface area contributed by atoms with E-state index in [9.17, 15) is 14.4 Å². The SMILES string of the molecule is C#CCOc1c(Cl)cc(/C=C2\C(=O)NC(=O)N(c3ccccc3)C2=O)cc1Cl. The van der Waals surface area contributed by atoms with Gasteiger partial charge < -0.3 is 4.74 Å². The number of urea groups is 1. The molecule has 0 saturated carbocycles. The minimum Gasteiger partial charge on any atom is -0.478 e. The zero-order valence-corrected chi connectivity index (χ0v) is 15.8. The molecule has 0 bridgehead atoms. The summed E-state index contributed by atoms with van der Waals surface area (Å²) < 4.78 is 5.27. The summed E-state index contributed by atoms with van der Waals surface area (Å²) in [4.78, 5) is 38.0. The maximum Gasteiger partial charge on any atom is 0.335 e. The normalized spacial score (nSPS) is 15.4. The molecule has 6 nitrogen and oxygen atoms in total. The molecule has 0 radical (unpaired) electrons. The lowest BCUT2D eigenvalue weighted by Crippen LogP contribution is -2.54. The molecule has 1 heterocycles. The highest BCUT2D eigenvalue weighted by Crippen LogP contribution is 2.35. The number of imide groups is 2. The predicted molar refractivity (Wildman–Crippen MR) is 106 cm³/mol. The van der Waals surface area contributed by atoms with Gasteiger partial charge in [-0.25, -0.2) is 9.69 Å². The van der Waals surface area contributed by atoms with E-state index in [-0.39, 0.29) is 28.0 Å². The number of ether oxygens (including phenoxy) is 1. The van der Waals surface area contributed by atoms with E-state index in [4.69, 9.17) is 34.4 Å². The van der Waals surface area contributed by atoms with Crippen LogP contribution in [0, 0.1) is 12.3 Å². The Hall–Kier alpha value is -3.27. The first-order chi connectivity index (χ1) is 13.4. The van der Waals surface area contributed by atoms with E-state index in [2.05, 4.69) is 11.2 Å². The second-order valence-corrected chi connectivity index (χ2v) is 6.41. The van der Waals surface area contributed by atoms with Crippen LogP contribution in [-0.4, -0.2) is 24.5 Å². The highest BCUT2D eigenvalue weighted by atomic mass is 35.5. The summed E-state index contributed by atoms with van der Waals surface area (Å²) in [6.45, 7) is -0.0189. The summed E-state index contributed by atoms with van der Waals surface area (Å²) in [7, 11) is 0. The third-order valence-electron chi connectivity index (χ3n) is 3.75. The van der Waals surface area contributed by atoms with E-state index in [0.717, 1.165) is 4.90 Å². The molecule has 2 aromatic carbocycles. The smallest absolute Gasteiger partial charge is 0.335 e. The van der Waals surface area contributed by atoms with Crippen molar-refractivity contribution in [1.29, 1.82) is 0 Å². The van der Waals surface area contributed by atoms with Crippen molar-refractivity contribution in [3.8, 4) is 18.1 Å². The maximum absolute atomic E-state index is 12.8. The Bertz CT molecular complexity index is 1020. The lowest BCUT2D eigenvalue weighted by Gasteiger charge is -2.26. The number of carbonyl (C=O) groups excluding carboxylic acids is 3. The number of anilines is 1. The monoisotopic (exact) mass is 414 g/mol. The molecule has 1 N–H and O–H groups in total. The Morgan fingerprint density at radius 1 is 1.11 bits per heavy atom. The fraction of sp³-hybridized carbons (Fsp3) is 0.0500. The van der Waals surface area contributed by atoms with Gasteiger partial charge in [-0.05, 0) is 35.9 Å². The van der Waals surface area contributed by atoms with Crippen LogP contribution in [0.15, 0.2) is 48.0 Å². The number of nitrogens with one attached hydrogen (secondary N) is 1. The van der Waals surface area contributed by atoms with Gasteiger partial charge in [0.2, 0.25) is 0 Å². The summed E-state index contributed by atoms with van der Waals surface area (Å²) in [6, 6.07) is 10.4. The van der Waals surface area contributed by atoms with Crippen molar-refractivity contribution >= 4 is 52.8 Å². The number of benzene rings is 2. The van der Waals surface area contributed by atoms with Gasteiger partial charge in [0.15, 0.2) is 5.75 Å². The minimum absolute atomic E-state index is 0.0189. The summed E-state index contributed by atoms with van der Waals surface area (Å²) >= 11 is 12.3. The summed E-state index contributed by atoms with van der Waals surface area (Å²) in [6.07, 6.45) is 6.44. The highest BCUT2D eigenvalue weighted by Gasteiger charge is 2.36. The maximum atomic E-state index is 12.8. The van der Waals surface area contributed by atoms with E-state index in [1.165, 1.54) is 18.2 Å². The van der Waals surface area contributed by atoms with Crippen LogP contribution in [-0.2, 0) is 9.59 Å². The molecule has 0 unspecified atom stereocenters. The van der Waals surface area contributed by atoms with Crippen molar-refractivity contribution in [3.63, 3.8) is 0 Å². The molecular formula is C20H12Cl2N2O4. The van der Waals surface area contributed by atoms with Crippen LogP contribution in [0.3, 0.4) is 0 Å². The van der Waals surface area contributed by atoms with Gasteiger partial charge in [-0.2, -0.15) is 0 Å². The van der Waals surface area contributed by atoms with Crippen molar-refractivity contribution in [2.24, 2.45) is 0 Å². The highest BCUT2D eigenvalue weighted by molar-refractivity contribution is 6.40. The van der Waals surface area contributed by atoms with E-state index in [0.29, 0.717) is 11.3 Å².